The summed E-state index contributed by atoms with van der Waals surface area (Å²) >= 11 is 0. The molecule has 0 unspecified atom stereocenters. The Kier molecular flexibility index (Phi) is 5.48. The average molecular weight is 368 g/mol. The van der Waals surface area contributed by atoms with Crippen molar-refractivity contribution in [2.75, 3.05) is 33.2 Å². The van der Waals surface area contributed by atoms with Gasteiger partial charge in [-0.3, -0.25) is 9.78 Å². The number of imidazole rings is 1. The summed E-state index contributed by atoms with van der Waals surface area (Å²) in [6.45, 7) is 3.83. The lowest BCUT2D eigenvalue weighted by atomic mass is 9.90. The minimum absolute atomic E-state index is 0.215. The van der Waals surface area contributed by atoms with Crippen LogP contribution in [0.15, 0.2) is 24.8 Å². The third-order valence-corrected chi connectivity index (χ3v) is 5.84. The van der Waals surface area contributed by atoms with Crippen LogP contribution < -0.4 is 0 Å². The standard InChI is InChI=1S/C20H28N6O/c1-25-9-4-16(5-10-25)20(27)26-8-2-3-15(14-26)11-17-12-24-18(13-23-17)19-21-6-7-22-19/h6-7,12-13,15-16H,2-5,8-11,14H2,1H3,(H,21,22)/t15-/m1/s1. The second-order valence-corrected chi connectivity index (χ2v) is 7.90. The van der Waals surface area contributed by atoms with Crippen LogP contribution in [0, 0.1) is 11.8 Å². The van der Waals surface area contributed by atoms with Crippen LogP contribution in [-0.2, 0) is 11.2 Å². The number of nitrogens with zero attached hydrogens (tertiary/aromatic N) is 5. The molecule has 7 nitrogen and oxygen atoms in total. The molecule has 0 aliphatic carbocycles. The van der Waals surface area contributed by atoms with Crippen molar-refractivity contribution in [2.24, 2.45) is 11.8 Å². The number of rotatable bonds is 4. The van der Waals surface area contributed by atoms with E-state index in [9.17, 15) is 4.79 Å². The van der Waals surface area contributed by atoms with Crippen molar-refractivity contribution in [1.29, 1.82) is 0 Å². The Morgan fingerprint density at radius 2 is 2.00 bits per heavy atom. The summed E-state index contributed by atoms with van der Waals surface area (Å²) in [6, 6.07) is 0. The molecule has 1 N–H and O–H groups in total. The summed E-state index contributed by atoms with van der Waals surface area (Å²) in [6.07, 6.45) is 12.2. The Hall–Kier alpha value is -2.28. The van der Waals surface area contributed by atoms with Crippen LogP contribution in [0.4, 0.5) is 0 Å². The number of H-pyrrole nitrogens is 1. The number of likely N-dealkylation sites (tertiary alicyclic amines) is 2. The summed E-state index contributed by atoms with van der Waals surface area (Å²) in [4.78, 5) is 33.6. The molecule has 2 saturated heterocycles. The maximum atomic E-state index is 12.9. The lowest BCUT2D eigenvalue weighted by Gasteiger charge is -2.37. The first kappa shape index (κ1) is 18.1. The molecule has 2 aliphatic rings. The van der Waals surface area contributed by atoms with E-state index < -0.39 is 0 Å². The van der Waals surface area contributed by atoms with Crippen molar-refractivity contribution < 1.29 is 4.79 Å². The zero-order valence-electron chi connectivity index (χ0n) is 16.0. The van der Waals surface area contributed by atoms with Gasteiger partial charge in [0, 0.05) is 37.6 Å². The Morgan fingerprint density at radius 3 is 2.70 bits per heavy atom. The van der Waals surface area contributed by atoms with Gasteiger partial charge in [-0.15, -0.1) is 0 Å². The van der Waals surface area contributed by atoms with E-state index in [-0.39, 0.29) is 5.92 Å². The Morgan fingerprint density at radius 1 is 1.15 bits per heavy atom. The van der Waals surface area contributed by atoms with Crippen LogP contribution in [-0.4, -0.2) is 68.9 Å². The fourth-order valence-corrected chi connectivity index (χ4v) is 4.23. The predicted molar refractivity (Wildman–Crippen MR) is 103 cm³/mol. The summed E-state index contributed by atoms with van der Waals surface area (Å²) in [5, 5.41) is 0. The van der Waals surface area contributed by atoms with E-state index in [1.54, 1.807) is 18.6 Å². The maximum absolute atomic E-state index is 12.9. The van der Waals surface area contributed by atoms with E-state index in [0.717, 1.165) is 75.5 Å². The average Bonchev–Trinajstić information content (AvgIpc) is 3.24. The molecule has 0 saturated carbocycles. The highest BCUT2D eigenvalue weighted by atomic mass is 16.2. The van der Waals surface area contributed by atoms with Gasteiger partial charge in [0.15, 0.2) is 5.82 Å². The number of hydrogen-bond acceptors (Lipinski definition) is 5. The molecule has 2 aromatic rings. The van der Waals surface area contributed by atoms with E-state index in [0.29, 0.717) is 11.8 Å². The fraction of sp³-hybridized carbons (Fsp3) is 0.600. The normalized spacial score (nSPS) is 22.1. The van der Waals surface area contributed by atoms with Crippen LogP contribution in [0.2, 0.25) is 0 Å². The molecular weight excluding hydrogens is 340 g/mol. The molecule has 0 aromatic carbocycles. The molecule has 2 fully saturated rings. The largest absolute Gasteiger partial charge is 0.343 e. The van der Waals surface area contributed by atoms with Crippen molar-refractivity contribution in [1.82, 2.24) is 29.7 Å². The second-order valence-electron chi connectivity index (χ2n) is 7.90. The number of amides is 1. The molecule has 1 atom stereocenters. The SMILES string of the molecule is CN1CCC(C(=O)N2CCC[C@H](Cc3cnc(-c4ncc[nH]4)cn3)C2)CC1. The zero-order chi connectivity index (χ0) is 18.6. The summed E-state index contributed by atoms with van der Waals surface area (Å²) in [5.74, 6) is 1.79. The zero-order valence-corrected chi connectivity index (χ0v) is 16.0. The third kappa shape index (κ3) is 4.35. The highest BCUT2D eigenvalue weighted by Crippen LogP contribution is 2.25. The number of hydrogen-bond donors (Lipinski definition) is 1. The lowest BCUT2D eigenvalue weighted by Crippen LogP contribution is -2.46. The first-order chi connectivity index (χ1) is 13.2. The van der Waals surface area contributed by atoms with E-state index in [1.807, 2.05) is 6.20 Å². The molecule has 0 bridgehead atoms. The number of aromatic amines is 1. The van der Waals surface area contributed by atoms with Crippen molar-refractivity contribution in [3.8, 4) is 11.5 Å². The van der Waals surface area contributed by atoms with Crippen molar-refractivity contribution in [3.63, 3.8) is 0 Å². The minimum atomic E-state index is 0.215. The smallest absolute Gasteiger partial charge is 0.225 e. The van der Waals surface area contributed by atoms with Gasteiger partial charge in [0.1, 0.15) is 5.69 Å². The number of carbonyl (C=O) groups excluding carboxylic acids is 1. The van der Waals surface area contributed by atoms with Crippen LogP contribution in [0.5, 0.6) is 0 Å². The molecule has 0 spiro atoms. The summed E-state index contributed by atoms with van der Waals surface area (Å²) in [7, 11) is 2.13. The monoisotopic (exact) mass is 368 g/mol. The third-order valence-electron chi connectivity index (χ3n) is 5.84. The van der Waals surface area contributed by atoms with Crippen LogP contribution in [0.1, 0.15) is 31.4 Å². The fourth-order valence-electron chi connectivity index (χ4n) is 4.23. The van der Waals surface area contributed by atoms with Crippen molar-refractivity contribution in [2.45, 2.75) is 32.1 Å². The van der Waals surface area contributed by atoms with Crippen LogP contribution >= 0.6 is 0 Å². The van der Waals surface area contributed by atoms with Gasteiger partial charge in [-0.05, 0) is 58.2 Å². The first-order valence-electron chi connectivity index (χ1n) is 9.97. The van der Waals surface area contributed by atoms with Crippen LogP contribution in [0.3, 0.4) is 0 Å². The van der Waals surface area contributed by atoms with Gasteiger partial charge in [0.2, 0.25) is 5.91 Å². The molecule has 144 valence electrons. The number of carbonyl (C=O) groups is 1. The number of piperidine rings is 2. The number of nitrogens with one attached hydrogen (secondary N) is 1. The summed E-state index contributed by atoms with van der Waals surface area (Å²) in [5.41, 5.74) is 1.75. The molecule has 4 rings (SSSR count). The lowest BCUT2D eigenvalue weighted by molar-refractivity contribution is -0.138. The van der Waals surface area contributed by atoms with E-state index in [1.165, 1.54) is 0 Å². The maximum Gasteiger partial charge on any atom is 0.225 e. The van der Waals surface area contributed by atoms with Crippen LogP contribution in [0.25, 0.3) is 11.5 Å². The van der Waals surface area contributed by atoms with E-state index in [4.69, 9.17) is 0 Å². The van der Waals surface area contributed by atoms with Gasteiger partial charge in [0.05, 0.1) is 11.9 Å². The van der Waals surface area contributed by atoms with Gasteiger partial charge in [-0.1, -0.05) is 0 Å². The first-order valence-corrected chi connectivity index (χ1v) is 9.97. The minimum Gasteiger partial charge on any atom is -0.343 e. The van der Waals surface area contributed by atoms with Gasteiger partial charge in [0.25, 0.3) is 0 Å². The molecule has 2 aliphatic heterocycles. The Balaban J connectivity index is 1.33. The molecule has 0 radical (unpaired) electrons. The predicted octanol–water partition coefficient (Wildman–Crippen LogP) is 1.99. The molecule has 2 aromatic heterocycles. The molecule has 4 heterocycles. The molecule has 27 heavy (non-hydrogen) atoms. The van der Waals surface area contributed by atoms with Gasteiger partial charge in [-0.25, -0.2) is 9.97 Å². The Bertz CT molecular complexity index is 736. The molecule has 1 amide bonds. The van der Waals surface area contributed by atoms with E-state index >= 15 is 0 Å². The van der Waals surface area contributed by atoms with Gasteiger partial charge < -0.3 is 14.8 Å². The molecule has 7 heteroatoms. The highest BCUT2D eigenvalue weighted by Gasteiger charge is 2.30. The molecular formula is C20H28N6O. The Labute approximate surface area is 160 Å². The van der Waals surface area contributed by atoms with Gasteiger partial charge >= 0.3 is 0 Å². The van der Waals surface area contributed by atoms with Crippen molar-refractivity contribution in [3.05, 3.63) is 30.5 Å². The second kappa shape index (κ2) is 8.17. The van der Waals surface area contributed by atoms with E-state index in [2.05, 4.69) is 36.8 Å². The topological polar surface area (TPSA) is 78.0 Å². The van der Waals surface area contributed by atoms with Gasteiger partial charge in [-0.2, -0.15) is 0 Å². The summed E-state index contributed by atoms with van der Waals surface area (Å²) < 4.78 is 0. The number of aromatic nitrogens is 4. The van der Waals surface area contributed by atoms with Crippen molar-refractivity contribution >= 4 is 5.91 Å². The highest BCUT2D eigenvalue weighted by molar-refractivity contribution is 5.79. The quantitative estimate of drug-likeness (QED) is 0.893.